The normalized spacial score (nSPS) is 19.1. The highest BCUT2D eigenvalue weighted by molar-refractivity contribution is 5.92. The summed E-state index contributed by atoms with van der Waals surface area (Å²) in [5, 5.41) is 2.91. The van der Waals surface area contributed by atoms with Crippen LogP contribution in [0.4, 0.5) is 5.69 Å². The predicted molar refractivity (Wildman–Crippen MR) is 134 cm³/mol. The number of amides is 2. The van der Waals surface area contributed by atoms with Crippen molar-refractivity contribution in [3.63, 3.8) is 0 Å². The van der Waals surface area contributed by atoms with Crippen LogP contribution in [0.3, 0.4) is 0 Å². The fourth-order valence-corrected chi connectivity index (χ4v) is 4.98. The second-order valence-electron chi connectivity index (χ2n) is 9.06. The number of rotatable bonds is 6. The Kier molecular flexibility index (Phi) is 6.70. The van der Waals surface area contributed by atoms with Crippen molar-refractivity contribution in [3.05, 3.63) is 89.5 Å². The van der Waals surface area contributed by atoms with Gasteiger partial charge in [0.2, 0.25) is 0 Å². The molecule has 6 heteroatoms. The number of aryl methyl sites for hydroxylation is 1. The maximum Gasteiger partial charge on any atom is 0.264 e. The number of hydrogen-bond acceptors (Lipinski definition) is 4. The summed E-state index contributed by atoms with van der Waals surface area (Å²) in [5.41, 5.74) is 4.09. The van der Waals surface area contributed by atoms with Crippen LogP contribution in [0.25, 0.3) is 0 Å². The van der Waals surface area contributed by atoms with Crippen LogP contribution in [-0.4, -0.2) is 29.4 Å². The first-order valence-electron chi connectivity index (χ1n) is 12.3. The van der Waals surface area contributed by atoms with E-state index in [1.54, 1.807) is 0 Å². The van der Waals surface area contributed by atoms with Crippen molar-refractivity contribution in [1.29, 1.82) is 0 Å². The molecule has 0 fully saturated rings. The first kappa shape index (κ1) is 23.0. The quantitative estimate of drug-likeness (QED) is 0.532. The molecule has 5 rings (SSSR count). The summed E-state index contributed by atoms with van der Waals surface area (Å²) in [7, 11) is 0. The molecule has 2 unspecified atom stereocenters. The Hall–Kier alpha value is -3.80. The summed E-state index contributed by atoms with van der Waals surface area (Å²) in [6, 6.07) is 23.2. The predicted octanol–water partition coefficient (Wildman–Crippen LogP) is 5.28. The van der Waals surface area contributed by atoms with Crippen LogP contribution in [0, 0.1) is 0 Å². The number of carbonyl (C=O) groups is 2. The minimum atomic E-state index is -0.523. The van der Waals surface area contributed by atoms with Crippen LogP contribution < -0.4 is 14.8 Å². The van der Waals surface area contributed by atoms with E-state index in [1.807, 2.05) is 66.4 Å². The number of benzene rings is 3. The lowest BCUT2D eigenvalue weighted by atomic mass is 9.86. The lowest BCUT2D eigenvalue weighted by molar-refractivity contribution is -0.141. The van der Waals surface area contributed by atoms with E-state index in [-0.39, 0.29) is 24.5 Å². The minimum absolute atomic E-state index is 0.0206. The largest absolute Gasteiger partial charge is 0.484 e. The SMILES string of the molecule is CCC1Oc2ccc(NC(=O)COc3ccccc3)cc2CN(C2CCCc3ccccc32)C1=O. The Morgan fingerprint density at radius 3 is 2.69 bits per heavy atom. The monoisotopic (exact) mass is 470 g/mol. The number of fused-ring (bicyclic) bond motifs is 2. The molecule has 35 heavy (non-hydrogen) atoms. The van der Waals surface area contributed by atoms with Gasteiger partial charge >= 0.3 is 0 Å². The molecular weight excluding hydrogens is 440 g/mol. The smallest absolute Gasteiger partial charge is 0.264 e. The summed E-state index contributed by atoms with van der Waals surface area (Å²) in [4.78, 5) is 28.0. The zero-order valence-electron chi connectivity index (χ0n) is 19.9. The lowest BCUT2D eigenvalue weighted by Gasteiger charge is -2.36. The number of nitrogens with one attached hydrogen (secondary N) is 1. The number of carbonyl (C=O) groups excluding carboxylic acids is 2. The number of para-hydroxylation sites is 1. The number of ether oxygens (including phenoxy) is 2. The summed E-state index contributed by atoms with van der Waals surface area (Å²) >= 11 is 0. The molecular formula is C29H30N2O4. The van der Waals surface area contributed by atoms with E-state index in [4.69, 9.17) is 9.47 Å². The molecule has 1 aliphatic carbocycles. The lowest BCUT2D eigenvalue weighted by Crippen LogP contribution is -2.42. The van der Waals surface area contributed by atoms with Gasteiger partial charge in [0.25, 0.3) is 11.8 Å². The maximum absolute atomic E-state index is 13.6. The van der Waals surface area contributed by atoms with Gasteiger partial charge in [0.1, 0.15) is 11.5 Å². The molecule has 2 aliphatic rings. The van der Waals surface area contributed by atoms with Gasteiger partial charge in [0, 0.05) is 11.3 Å². The van der Waals surface area contributed by atoms with Crippen molar-refractivity contribution in [2.75, 3.05) is 11.9 Å². The van der Waals surface area contributed by atoms with Gasteiger partial charge in [0.05, 0.1) is 12.6 Å². The summed E-state index contributed by atoms with van der Waals surface area (Å²) in [6.07, 6.45) is 3.10. The van der Waals surface area contributed by atoms with Gasteiger partial charge in [-0.25, -0.2) is 0 Å². The summed E-state index contributed by atoms with van der Waals surface area (Å²) in [5.74, 6) is 1.11. The van der Waals surface area contributed by atoms with Gasteiger partial charge in [-0.15, -0.1) is 0 Å². The van der Waals surface area contributed by atoms with Gasteiger partial charge in [-0.2, -0.15) is 0 Å². The van der Waals surface area contributed by atoms with Gasteiger partial charge in [-0.3, -0.25) is 9.59 Å². The molecule has 180 valence electrons. The molecule has 0 bridgehead atoms. The highest BCUT2D eigenvalue weighted by atomic mass is 16.5. The molecule has 0 saturated heterocycles. The topological polar surface area (TPSA) is 67.9 Å². The average Bonchev–Trinajstić information content (AvgIpc) is 3.03. The molecule has 3 aromatic carbocycles. The third-order valence-corrected chi connectivity index (χ3v) is 6.71. The summed E-state index contributed by atoms with van der Waals surface area (Å²) < 4.78 is 11.7. The van der Waals surface area contributed by atoms with E-state index < -0.39 is 6.10 Å². The Morgan fingerprint density at radius 2 is 1.86 bits per heavy atom. The summed E-state index contributed by atoms with van der Waals surface area (Å²) in [6.45, 7) is 2.33. The Labute approximate surface area is 205 Å². The van der Waals surface area contributed by atoms with Crippen LogP contribution in [0.15, 0.2) is 72.8 Å². The van der Waals surface area contributed by atoms with E-state index in [0.717, 1.165) is 24.8 Å². The molecule has 0 saturated carbocycles. The minimum Gasteiger partial charge on any atom is -0.484 e. The van der Waals surface area contributed by atoms with Crippen molar-refractivity contribution >= 4 is 17.5 Å². The fraction of sp³-hybridized carbons (Fsp3) is 0.310. The van der Waals surface area contributed by atoms with Crippen molar-refractivity contribution < 1.29 is 19.1 Å². The van der Waals surface area contributed by atoms with Crippen molar-refractivity contribution in [2.45, 2.75) is 51.3 Å². The number of nitrogens with zero attached hydrogens (tertiary/aromatic N) is 1. The Morgan fingerprint density at radius 1 is 1.06 bits per heavy atom. The second kappa shape index (κ2) is 10.2. The number of anilines is 1. The molecule has 3 aromatic rings. The van der Waals surface area contributed by atoms with E-state index in [9.17, 15) is 9.59 Å². The molecule has 0 spiro atoms. The van der Waals surface area contributed by atoms with Crippen LogP contribution in [-0.2, 0) is 22.6 Å². The molecule has 1 heterocycles. The second-order valence-corrected chi connectivity index (χ2v) is 9.06. The first-order chi connectivity index (χ1) is 17.1. The molecule has 1 aliphatic heterocycles. The van der Waals surface area contributed by atoms with Crippen LogP contribution in [0.5, 0.6) is 11.5 Å². The van der Waals surface area contributed by atoms with Crippen molar-refractivity contribution in [3.8, 4) is 11.5 Å². The molecule has 2 atom stereocenters. The maximum atomic E-state index is 13.6. The van der Waals surface area contributed by atoms with Crippen LogP contribution in [0.2, 0.25) is 0 Å². The Bertz CT molecular complexity index is 1210. The van der Waals surface area contributed by atoms with Gasteiger partial charge in [-0.05, 0) is 67.1 Å². The average molecular weight is 471 g/mol. The van der Waals surface area contributed by atoms with E-state index in [2.05, 4.69) is 23.5 Å². The standard InChI is InChI=1S/C29H30N2O4/c1-2-26-29(33)31(25-14-8-10-20-9-6-7-13-24(20)25)18-21-17-22(15-16-27(21)35-26)30-28(32)19-34-23-11-4-3-5-12-23/h3-7,9,11-13,15-17,25-26H,2,8,10,14,18-19H2,1H3,(H,30,32). The van der Waals surface area contributed by atoms with Crippen LogP contribution in [0.1, 0.15) is 48.9 Å². The zero-order valence-corrected chi connectivity index (χ0v) is 19.9. The van der Waals surface area contributed by atoms with Crippen LogP contribution >= 0.6 is 0 Å². The highest BCUT2D eigenvalue weighted by Gasteiger charge is 2.36. The van der Waals surface area contributed by atoms with Gasteiger partial charge < -0.3 is 19.7 Å². The third kappa shape index (κ3) is 5.02. The third-order valence-electron chi connectivity index (χ3n) is 6.71. The number of hydrogen-bond donors (Lipinski definition) is 1. The van der Waals surface area contributed by atoms with Gasteiger partial charge in [-0.1, -0.05) is 49.4 Å². The molecule has 0 aromatic heterocycles. The highest BCUT2D eigenvalue weighted by Crippen LogP contribution is 2.39. The van der Waals surface area contributed by atoms with E-state index >= 15 is 0 Å². The van der Waals surface area contributed by atoms with E-state index in [1.165, 1.54) is 11.1 Å². The van der Waals surface area contributed by atoms with Gasteiger partial charge in [0.15, 0.2) is 12.7 Å². The molecule has 6 nitrogen and oxygen atoms in total. The zero-order chi connectivity index (χ0) is 24.2. The molecule has 1 N–H and O–H groups in total. The van der Waals surface area contributed by atoms with Crippen molar-refractivity contribution in [1.82, 2.24) is 4.90 Å². The molecule has 0 radical (unpaired) electrons. The fourth-order valence-electron chi connectivity index (χ4n) is 4.98. The first-order valence-corrected chi connectivity index (χ1v) is 12.3. The van der Waals surface area contributed by atoms with Crippen molar-refractivity contribution in [2.24, 2.45) is 0 Å². The Balaban J connectivity index is 1.37. The van der Waals surface area contributed by atoms with E-state index in [0.29, 0.717) is 30.2 Å². The molecule has 2 amide bonds.